The van der Waals surface area contributed by atoms with E-state index in [9.17, 15) is 4.79 Å². The van der Waals surface area contributed by atoms with Gasteiger partial charge in [0.25, 0.3) is 0 Å². The standard InChI is InChI=1S/C19H21N5O2S/c1-13-3-2-4-16(20-13)21-19(25)14-5-8-24(9-6-14)11-17-22-18(23-26-17)15-7-10-27-12-15/h2-4,7,10,12,14H,5-6,8-9,11H2,1H3,(H,20,21,25). The Hall–Kier alpha value is -2.58. The van der Waals surface area contributed by atoms with E-state index in [1.807, 2.05) is 41.9 Å². The summed E-state index contributed by atoms with van der Waals surface area (Å²) in [5.41, 5.74) is 1.87. The summed E-state index contributed by atoms with van der Waals surface area (Å²) in [4.78, 5) is 23.5. The van der Waals surface area contributed by atoms with Crippen LogP contribution in [0.15, 0.2) is 39.5 Å². The van der Waals surface area contributed by atoms with Gasteiger partial charge in [0.1, 0.15) is 5.82 Å². The molecule has 0 spiro atoms. The van der Waals surface area contributed by atoms with Crippen LogP contribution >= 0.6 is 11.3 Å². The molecule has 0 atom stereocenters. The highest BCUT2D eigenvalue weighted by Crippen LogP contribution is 2.22. The van der Waals surface area contributed by atoms with Crippen LogP contribution in [0.5, 0.6) is 0 Å². The summed E-state index contributed by atoms with van der Waals surface area (Å²) in [5, 5.41) is 11.0. The van der Waals surface area contributed by atoms with Crippen molar-refractivity contribution < 1.29 is 9.32 Å². The van der Waals surface area contributed by atoms with Crippen molar-refractivity contribution >= 4 is 23.1 Å². The molecule has 1 N–H and O–H groups in total. The van der Waals surface area contributed by atoms with Crippen LogP contribution in [-0.2, 0) is 11.3 Å². The number of aryl methyl sites for hydroxylation is 1. The van der Waals surface area contributed by atoms with Gasteiger partial charge >= 0.3 is 0 Å². The molecule has 3 aromatic heterocycles. The summed E-state index contributed by atoms with van der Waals surface area (Å²) in [5.74, 6) is 1.92. The average molecular weight is 383 g/mol. The number of carbonyl (C=O) groups is 1. The lowest BCUT2D eigenvalue weighted by Gasteiger charge is -2.30. The van der Waals surface area contributed by atoms with Gasteiger partial charge in [0.05, 0.1) is 6.54 Å². The number of aromatic nitrogens is 3. The van der Waals surface area contributed by atoms with Crippen molar-refractivity contribution in [3.8, 4) is 11.4 Å². The molecule has 1 saturated heterocycles. The number of likely N-dealkylation sites (tertiary alicyclic amines) is 1. The van der Waals surface area contributed by atoms with Crippen molar-refractivity contribution in [1.82, 2.24) is 20.0 Å². The Balaban J connectivity index is 1.28. The Morgan fingerprint density at radius 1 is 1.30 bits per heavy atom. The minimum atomic E-state index is 0.00705. The van der Waals surface area contributed by atoms with E-state index in [0.717, 1.165) is 37.2 Å². The van der Waals surface area contributed by atoms with Gasteiger partial charge in [0.15, 0.2) is 0 Å². The number of amides is 1. The van der Waals surface area contributed by atoms with Crippen LogP contribution in [-0.4, -0.2) is 39.0 Å². The SMILES string of the molecule is Cc1cccc(NC(=O)C2CCN(Cc3nc(-c4ccsc4)no3)CC2)n1. The molecule has 27 heavy (non-hydrogen) atoms. The Morgan fingerprint density at radius 3 is 2.89 bits per heavy atom. The number of piperidine rings is 1. The Bertz CT molecular complexity index is 900. The van der Waals surface area contributed by atoms with E-state index in [4.69, 9.17) is 4.52 Å². The van der Waals surface area contributed by atoms with E-state index >= 15 is 0 Å². The van der Waals surface area contributed by atoms with Gasteiger partial charge in [-0.1, -0.05) is 11.2 Å². The smallest absolute Gasteiger partial charge is 0.241 e. The first-order valence-corrected chi connectivity index (χ1v) is 9.94. The van der Waals surface area contributed by atoms with E-state index in [0.29, 0.717) is 24.1 Å². The number of hydrogen-bond acceptors (Lipinski definition) is 7. The summed E-state index contributed by atoms with van der Waals surface area (Å²) in [6.07, 6.45) is 1.62. The largest absolute Gasteiger partial charge is 0.338 e. The topological polar surface area (TPSA) is 84.2 Å². The minimum absolute atomic E-state index is 0.00705. The lowest BCUT2D eigenvalue weighted by molar-refractivity contribution is -0.121. The highest BCUT2D eigenvalue weighted by Gasteiger charge is 2.26. The Morgan fingerprint density at radius 2 is 2.15 bits per heavy atom. The molecule has 0 aromatic carbocycles. The van der Waals surface area contributed by atoms with E-state index in [2.05, 4.69) is 25.3 Å². The molecule has 1 amide bonds. The second-order valence-corrected chi connectivity index (χ2v) is 7.51. The highest BCUT2D eigenvalue weighted by atomic mass is 32.1. The van der Waals surface area contributed by atoms with Gasteiger partial charge in [-0.3, -0.25) is 9.69 Å². The zero-order valence-electron chi connectivity index (χ0n) is 15.1. The van der Waals surface area contributed by atoms with E-state index in [1.165, 1.54) is 0 Å². The van der Waals surface area contributed by atoms with Crippen LogP contribution < -0.4 is 5.32 Å². The number of rotatable bonds is 5. The zero-order chi connectivity index (χ0) is 18.6. The summed E-state index contributed by atoms with van der Waals surface area (Å²) in [7, 11) is 0. The number of thiophene rings is 1. The van der Waals surface area contributed by atoms with Crippen molar-refractivity contribution in [1.29, 1.82) is 0 Å². The van der Waals surface area contributed by atoms with Gasteiger partial charge in [-0.25, -0.2) is 4.98 Å². The lowest BCUT2D eigenvalue weighted by atomic mass is 9.96. The van der Waals surface area contributed by atoms with Crippen LogP contribution in [0.1, 0.15) is 24.4 Å². The molecule has 0 saturated carbocycles. The second kappa shape index (κ2) is 7.98. The quantitative estimate of drug-likeness (QED) is 0.727. The molecule has 4 rings (SSSR count). The number of hydrogen-bond donors (Lipinski definition) is 1. The van der Waals surface area contributed by atoms with Gasteiger partial charge in [0.2, 0.25) is 17.6 Å². The van der Waals surface area contributed by atoms with E-state index in [1.54, 1.807) is 11.3 Å². The lowest BCUT2D eigenvalue weighted by Crippen LogP contribution is -2.37. The Kier molecular flexibility index (Phi) is 5.26. The Labute approximate surface area is 161 Å². The molecule has 140 valence electrons. The zero-order valence-corrected chi connectivity index (χ0v) is 15.9. The molecule has 3 aromatic rings. The number of carbonyl (C=O) groups excluding carboxylic acids is 1. The second-order valence-electron chi connectivity index (χ2n) is 6.73. The third kappa shape index (κ3) is 4.40. The summed E-state index contributed by atoms with van der Waals surface area (Å²) in [6.45, 7) is 4.19. The van der Waals surface area contributed by atoms with Crippen molar-refractivity contribution in [2.75, 3.05) is 18.4 Å². The molecule has 1 aliphatic rings. The molecular formula is C19H21N5O2S. The molecule has 0 radical (unpaired) electrons. The molecule has 8 heteroatoms. The number of nitrogens with one attached hydrogen (secondary N) is 1. The predicted molar refractivity (Wildman–Crippen MR) is 103 cm³/mol. The third-order valence-corrected chi connectivity index (χ3v) is 5.39. The van der Waals surface area contributed by atoms with Crippen LogP contribution in [0.2, 0.25) is 0 Å². The fraction of sp³-hybridized carbons (Fsp3) is 0.368. The first-order chi connectivity index (χ1) is 13.2. The minimum Gasteiger partial charge on any atom is -0.338 e. The van der Waals surface area contributed by atoms with Crippen molar-refractivity contribution in [3.63, 3.8) is 0 Å². The van der Waals surface area contributed by atoms with Crippen LogP contribution in [0, 0.1) is 12.8 Å². The molecule has 4 heterocycles. The molecule has 1 aliphatic heterocycles. The first-order valence-electron chi connectivity index (χ1n) is 8.99. The van der Waals surface area contributed by atoms with Crippen LogP contribution in [0.25, 0.3) is 11.4 Å². The van der Waals surface area contributed by atoms with Crippen molar-refractivity contribution in [3.05, 3.63) is 46.6 Å². The predicted octanol–water partition coefficient (Wildman–Crippen LogP) is 3.35. The van der Waals surface area contributed by atoms with Crippen LogP contribution in [0.3, 0.4) is 0 Å². The molecule has 0 bridgehead atoms. The van der Waals surface area contributed by atoms with Gasteiger partial charge in [-0.05, 0) is 56.4 Å². The van der Waals surface area contributed by atoms with Gasteiger partial charge in [-0.2, -0.15) is 16.3 Å². The average Bonchev–Trinajstić information content (AvgIpc) is 3.34. The number of anilines is 1. The summed E-state index contributed by atoms with van der Waals surface area (Å²) < 4.78 is 5.37. The fourth-order valence-corrected chi connectivity index (χ4v) is 3.85. The normalized spacial score (nSPS) is 15.7. The van der Waals surface area contributed by atoms with Gasteiger partial charge < -0.3 is 9.84 Å². The molecule has 1 fully saturated rings. The first kappa shape index (κ1) is 17.8. The molecule has 7 nitrogen and oxygen atoms in total. The van der Waals surface area contributed by atoms with Crippen molar-refractivity contribution in [2.45, 2.75) is 26.3 Å². The van der Waals surface area contributed by atoms with Gasteiger partial charge in [-0.15, -0.1) is 0 Å². The molecule has 0 unspecified atom stereocenters. The third-order valence-electron chi connectivity index (χ3n) is 4.70. The monoisotopic (exact) mass is 383 g/mol. The van der Waals surface area contributed by atoms with Gasteiger partial charge in [0, 0.05) is 22.6 Å². The summed E-state index contributed by atoms with van der Waals surface area (Å²) >= 11 is 1.61. The maximum atomic E-state index is 12.5. The maximum absolute atomic E-state index is 12.5. The number of pyridine rings is 1. The van der Waals surface area contributed by atoms with Crippen LogP contribution in [0.4, 0.5) is 5.82 Å². The molecule has 0 aliphatic carbocycles. The maximum Gasteiger partial charge on any atom is 0.241 e. The highest BCUT2D eigenvalue weighted by molar-refractivity contribution is 7.08. The molecular weight excluding hydrogens is 362 g/mol. The number of nitrogens with zero attached hydrogens (tertiary/aromatic N) is 4. The fourth-order valence-electron chi connectivity index (χ4n) is 3.21. The van der Waals surface area contributed by atoms with Crippen molar-refractivity contribution in [2.24, 2.45) is 5.92 Å². The van der Waals surface area contributed by atoms with E-state index in [-0.39, 0.29) is 11.8 Å². The van der Waals surface area contributed by atoms with E-state index < -0.39 is 0 Å². The summed E-state index contributed by atoms with van der Waals surface area (Å²) in [6, 6.07) is 7.61.